The number of thioether (sulfide) groups is 2. The lowest BCUT2D eigenvalue weighted by molar-refractivity contribution is 0.130. The number of ether oxygens (including phenoxy) is 2. The summed E-state index contributed by atoms with van der Waals surface area (Å²) in [6.45, 7) is 4.78. The fraction of sp³-hybridized carbons (Fsp3) is 1.00. The quantitative estimate of drug-likeness (QED) is 0.439. The van der Waals surface area contributed by atoms with E-state index >= 15 is 0 Å². The summed E-state index contributed by atoms with van der Waals surface area (Å²) < 4.78 is 10.4. The van der Waals surface area contributed by atoms with Gasteiger partial charge in [-0.05, 0) is 5.75 Å². The molecule has 1 aliphatic heterocycles. The summed E-state index contributed by atoms with van der Waals surface area (Å²) >= 11 is 3.98. The van der Waals surface area contributed by atoms with E-state index in [1.54, 1.807) is 0 Å². The van der Waals surface area contributed by atoms with Crippen molar-refractivity contribution < 1.29 is 9.47 Å². The minimum absolute atomic E-state index is 0.417. The molecular formula is C9H18O2S2. The molecule has 0 aliphatic carbocycles. The molecular weight excluding hydrogens is 204 g/mol. The van der Waals surface area contributed by atoms with Gasteiger partial charge in [-0.3, -0.25) is 0 Å². The fourth-order valence-electron chi connectivity index (χ4n) is 0.861. The molecule has 0 aromatic heterocycles. The third kappa shape index (κ3) is 7.67. The predicted octanol–water partition coefficient (Wildman–Crippen LogP) is 1.89. The molecule has 1 saturated heterocycles. The van der Waals surface area contributed by atoms with Crippen molar-refractivity contribution in [2.45, 2.75) is 13.0 Å². The van der Waals surface area contributed by atoms with Crippen LogP contribution in [0.25, 0.3) is 0 Å². The van der Waals surface area contributed by atoms with Gasteiger partial charge in [0.25, 0.3) is 0 Å². The van der Waals surface area contributed by atoms with Crippen molar-refractivity contribution in [2.75, 3.05) is 42.8 Å². The van der Waals surface area contributed by atoms with Gasteiger partial charge in [0, 0.05) is 17.3 Å². The number of hydrogen-bond acceptors (Lipinski definition) is 4. The first-order valence-corrected chi connectivity index (χ1v) is 7.09. The van der Waals surface area contributed by atoms with Gasteiger partial charge in [-0.15, -0.1) is 0 Å². The molecule has 0 amide bonds. The molecule has 1 unspecified atom stereocenters. The second-order valence-corrected chi connectivity index (χ2v) is 5.46. The van der Waals surface area contributed by atoms with Crippen molar-refractivity contribution in [1.29, 1.82) is 0 Å². The topological polar surface area (TPSA) is 21.8 Å². The first-order valence-electron chi connectivity index (χ1n) is 4.78. The Kier molecular flexibility index (Phi) is 7.17. The van der Waals surface area contributed by atoms with Gasteiger partial charge in [0.1, 0.15) is 6.10 Å². The van der Waals surface area contributed by atoms with Crippen LogP contribution in [0.1, 0.15) is 6.92 Å². The first-order chi connectivity index (χ1) is 6.43. The minimum atomic E-state index is 0.417. The van der Waals surface area contributed by atoms with Crippen LogP contribution < -0.4 is 0 Å². The van der Waals surface area contributed by atoms with E-state index in [1.807, 2.05) is 23.5 Å². The normalized spacial score (nSPS) is 20.5. The second-order valence-electron chi connectivity index (χ2n) is 2.84. The summed E-state index contributed by atoms with van der Waals surface area (Å²) in [7, 11) is 0. The molecule has 0 bridgehead atoms. The van der Waals surface area contributed by atoms with Crippen molar-refractivity contribution in [3.05, 3.63) is 0 Å². The van der Waals surface area contributed by atoms with E-state index in [4.69, 9.17) is 9.47 Å². The number of hydrogen-bond donors (Lipinski definition) is 0. The van der Waals surface area contributed by atoms with Crippen molar-refractivity contribution in [3.8, 4) is 0 Å². The summed E-state index contributed by atoms with van der Waals surface area (Å²) in [5.74, 6) is 4.88. The maximum atomic E-state index is 5.41. The van der Waals surface area contributed by atoms with Crippen molar-refractivity contribution in [2.24, 2.45) is 0 Å². The third-order valence-electron chi connectivity index (χ3n) is 1.65. The van der Waals surface area contributed by atoms with E-state index in [0.717, 1.165) is 25.6 Å². The molecule has 0 spiro atoms. The Balaban J connectivity index is 1.63. The molecule has 0 radical (unpaired) electrons. The lowest BCUT2D eigenvalue weighted by atomic mass is 10.5. The van der Waals surface area contributed by atoms with Gasteiger partial charge in [-0.2, -0.15) is 23.5 Å². The number of rotatable bonds is 9. The van der Waals surface area contributed by atoms with Crippen LogP contribution in [0.2, 0.25) is 0 Å². The predicted molar refractivity (Wildman–Crippen MR) is 60.9 cm³/mol. The zero-order valence-corrected chi connectivity index (χ0v) is 9.79. The smallest absolute Gasteiger partial charge is 0.104 e. The van der Waals surface area contributed by atoms with Gasteiger partial charge in [0.2, 0.25) is 0 Å². The number of epoxide rings is 1. The van der Waals surface area contributed by atoms with E-state index < -0.39 is 0 Å². The highest BCUT2D eigenvalue weighted by Gasteiger charge is 2.21. The van der Waals surface area contributed by atoms with Gasteiger partial charge >= 0.3 is 0 Å². The minimum Gasteiger partial charge on any atom is -0.378 e. The molecule has 0 aromatic rings. The van der Waals surface area contributed by atoms with Crippen LogP contribution in [-0.2, 0) is 9.47 Å². The lowest BCUT2D eigenvalue weighted by Gasteiger charge is -2.01. The molecule has 78 valence electrons. The van der Waals surface area contributed by atoms with Gasteiger partial charge in [-0.25, -0.2) is 0 Å². The molecule has 1 fully saturated rings. The highest BCUT2D eigenvalue weighted by molar-refractivity contribution is 8.02. The van der Waals surface area contributed by atoms with Crippen molar-refractivity contribution in [1.82, 2.24) is 0 Å². The Hall–Kier alpha value is 0.620. The standard InChI is InChI=1S/C9H18O2S2/c1-2-12-5-6-13-4-3-10-7-9-8-11-9/h9H,2-8H2,1H3. The molecule has 1 heterocycles. The monoisotopic (exact) mass is 222 g/mol. The average molecular weight is 222 g/mol. The molecule has 0 N–H and O–H groups in total. The zero-order valence-electron chi connectivity index (χ0n) is 8.16. The summed E-state index contributed by atoms with van der Waals surface area (Å²) in [5.41, 5.74) is 0. The van der Waals surface area contributed by atoms with Crippen LogP contribution in [0, 0.1) is 0 Å². The van der Waals surface area contributed by atoms with E-state index in [-0.39, 0.29) is 0 Å². The van der Waals surface area contributed by atoms with Crippen LogP contribution in [0.3, 0.4) is 0 Å². The van der Waals surface area contributed by atoms with Crippen molar-refractivity contribution >= 4 is 23.5 Å². The Morgan fingerprint density at radius 1 is 1.31 bits per heavy atom. The Morgan fingerprint density at radius 3 is 2.77 bits per heavy atom. The second kappa shape index (κ2) is 7.97. The van der Waals surface area contributed by atoms with E-state index in [0.29, 0.717) is 6.10 Å². The van der Waals surface area contributed by atoms with E-state index in [1.165, 1.54) is 17.3 Å². The van der Waals surface area contributed by atoms with Crippen LogP contribution >= 0.6 is 23.5 Å². The van der Waals surface area contributed by atoms with Crippen LogP contribution in [0.5, 0.6) is 0 Å². The SMILES string of the molecule is CCSCCSCCOCC1CO1. The molecule has 0 aromatic carbocycles. The average Bonchev–Trinajstić information content (AvgIpc) is 2.93. The highest BCUT2D eigenvalue weighted by atomic mass is 32.2. The van der Waals surface area contributed by atoms with Crippen LogP contribution in [0.4, 0.5) is 0 Å². The highest BCUT2D eigenvalue weighted by Crippen LogP contribution is 2.09. The first kappa shape index (κ1) is 11.7. The van der Waals surface area contributed by atoms with Gasteiger partial charge < -0.3 is 9.47 Å². The van der Waals surface area contributed by atoms with E-state index in [9.17, 15) is 0 Å². The third-order valence-corrected chi connectivity index (χ3v) is 3.76. The molecule has 13 heavy (non-hydrogen) atoms. The summed E-state index contributed by atoms with van der Waals surface area (Å²) in [4.78, 5) is 0. The maximum Gasteiger partial charge on any atom is 0.104 e. The Labute approximate surface area is 89.1 Å². The van der Waals surface area contributed by atoms with Crippen molar-refractivity contribution in [3.63, 3.8) is 0 Å². The molecule has 1 rings (SSSR count). The van der Waals surface area contributed by atoms with Crippen LogP contribution in [0.15, 0.2) is 0 Å². The summed E-state index contributed by atoms with van der Waals surface area (Å²) in [5, 5.41) is 0. The largest absolute Gasteiger partial charge is 0.378 e. The molecule has 0 saturated carbocycles. The Morgan fingerprint density at radius 2 is 2.08 bits per heavy atom. The zero-order chi connectivity index (χ0) is 9.36. The molecule has 1 aliphatic rings. The summed E-state index contributed by atoms with van der Waals surface area (Å²) in [6.07, 6.45) is 0.417. The van der Waals surface area contributed by atoms with Gasteiger partial charge in [0.15, 0.2) is 0 Å². The molecule has 2 nitrogen and oxygen atoms in total. The Bertz CT molecular complexity index is 118. The lowest BCUT2D eigenvalue weighted by Crippen LogP contribution is -2.04. The molecule has 4 heteroatoms. The summed E-state index contributed by atoms with van der Waals surface area (Å²) in [6, 6.07) is 0. The van der Waals surface area contributed by atoms with Gasteiger partial charge in [0.05, 0.1) is 19.8 Å². The van der Waals surface area contributed by atoms with Gasteiger partial charge in [-0.1, -0.05) is 6.92 Å². The van der Waals surface area contributed by atoms with E-state index in [2.05, 4.69) is 6.92 Å². The maximum absolute atomic E-state index is 5.41. The van der Waals surface area contributed by atoms with Crippen LogP contribution in [-0.4, -0.2) is 48.9 Å². The fourth-order valence-corrected chi connectivity index (χ4v) is 2.53. The molecule has 1 atom stereocenters.